The van der Waals surface area contributed by atoms with Gasteiger partial charge in [0, 0.05) is 36.4 Å². The molecule has 8 heteroatoms. The number of carbonyl (C=O) groups excluding carboxylic acids is 1. The van der Waals surface area contributed by atoms with Crippen LogP contribution in [0.1, 0.15) is 12.0 Å². The molecule has 29 heavy (non-hydrogen) atoms. The van der Waals surface area contributed by atoms with Crippen molar-refractivity contribution in [2.45, 2.75) is 12.5 Å². The van der Waals surface area contributed by atoms with Crippen LogP contribution in [0.4, 0.5) is 17.5 Å². The molecule has 1 amide bonds. The van der Waals surface area contributed by atoms with E-state index in [0.29, 0.717) is 11.5 Å². The number of fused-ring (bicyclic) bond motifs is 1. The van der Waals surface area contributed by atoms with Crippen LogP contribution in [0.25, 0.3) is 10.8 Å². The minimum atomic E-state index is -0.239. The molecule has 0 bridgehead atoms. The highest BCUT2D eigenvalue weighted by Gasteiger charge is 2.25. The highest BCUT2D eigenvalue weighted by molar-refractivity contribution is 6.01. The van der Waals surface area contributed by atoms with E-state index in [4.69, 9.17) is 5.26 Å². The van der Waals surface area contributed by atoms with Crippen LogP contribution >= 0.6 is 0 Å². The number of anilines is 3. The first kappa shape index (κ1) is 18.4. The van der Waals surface area contributed by atoms with Crippen LogP contribution in [0.3, 0.4) is 0 Å². The second-order valence-electron chi connectivity index (χ2n) is 6.75. The lowest BCUT2D eigenvalue weighted by Crippen LogP contribution is -2.27. The highest BCUT2D eigenvalue weighted by atomic mass is 16.1. The molecule has 3 heterocycles. The van der Waals surface area contributed by atoms with Gasteiger partial charge < -0.3 is 15.5 Å². The molecular formula is C21H19N7O. The molecule has 1 aromatic carbocycles. The number of nitriles is 1. The lowest BCUT2D eigenvalue weighted by molar-refractivity contribution is -0.111. The van der Waals surface area contributed by atoms with E-state index in [1.807, 2.05) is 30.3 Å². The molecular weight excluding hydrogens is 366 g/mol. The molecule has 1 aliphatic heterocycles. The first-order valence-corrected chi connectivity index (χ1v) is 9.22. The summed E-state index contributed by atoms with van der Waals surface area (Å²) >= 11 is 0. The molecule has 1 aliphatic rings. The number of amides is 1. The SMILES string of the molecule is C=CC(=O)Nc1ccc2c(N3CC[C@@H](Nc4ncc(C#N)cn4)C3)nccc2c1. The summed E-state index contributed by atoms with van der Waals surface area (Å²) in [6.45, 7) is 5.10. The van der Waals surface area contributed by atoms with Crippen LogP contribution in [-0.2, 0) is 4.79 Å². The number of nitrogens with zero attached hydrogens (tertiary/aromatic N) is 5. The molecule has 4 rings (SSSR count). The minimum Gasteiger partial charge on any atom is -0.354 e. The Balaban J connectivity index is 1.50. The van der Waals surface area contributed by atoms with E-state index < -0.39 is 0 Å². The molecule has 0 spiro atoms. The Labute approximate surface area is 167 Å². The normalized spacial score (nSPS) is 15.7. The van der Waals surface area contributed by atoms with Crippen LogP contribution in [0, 0.1) is 11.3 Å². The molecule has 1 atom stereocenters. The van der Waals surface area contributed by atoms with E-state index >= 15 is 0 Å². The molecule has 0 radical (unpaired) electrons. The molecule has 3 aromatic rings. The number of hydrogen-bond donors (Lipinski definition) is 2. The zero-order chi connectivity index (χ0) is 20.2. The first-order valence-electron chi connectivity index (χ1n) is 9.22. The van der Waals surface area contributed by atoms with Gasteiger partial charge in [-0.25, -0.2) is 15.0 Å². The Morgan fingerprint density at radius 1 is 1.28 bits per heavy atom. The number of carbonyl (C=O) groups is 1. The Morgan fingerprint density at radius 3 is 2.86 bits per heavy atom. The van der Waals surface area contributed by atoms with Crippen LogP contribution in [0.15, 0.2) is 55.5 Å². The summed E-state index contributed by atoms with van der Waals surface area (Å²) in [4.78, 5) is 26.7. The Bertz CT molecular complexity index is 1100. The van der Waals surface area contributed by atoms with Gasteiger partial charge in [0.2, 0.25) is 11.9 Å². The first-order chi connectivity index (χ1) is 14.2. The summed E-state index contributed by atoms with van der Waals surface area (Å²) in [6, 6.07) is 9.90. The average molecular weight is 385 g/mol. The maximum Gasteiger partial charge on any atom is 0.247 e. The van der Waals surface area contributed by atoms with E-state index in [9.17, 15) is 4.79 Å². The van der Waals surface area contributed by atoms with E-state index in [1.54, 1.807) is 6.20 Å². The topological polar surface area (TPSA) is 107 Å². The van der Waals surface area contributed by atoms with Gasteiger partial charge in [0.1, 0.15) is 11.9 Å². The molecule has 2 aromatic heterocycles. The largest absolute Gasteiger partial charge is 0.354 e. The fraction of sp³-hybridized carbons (Fsp3) is 0.190. The van der Waals surface area contributed by atoms with Gasteiger partial charge in [0.15, 0.2) is 0 Å². The number of hydrogen-bond acceptors (Lipinski definition) is 7. The number of rotatable bonds is 5. The standard InChI is InChI=1S/C21H19N7O/c1-2-19(29)26-16-3-4-18-15(9-16)5-7-23-20(18)28-8-6-17(13-28)27-21-24-11-14(10-22)12-25-21/h2-5,7,9,11-12,17H,1,6,8,13H2,(H,26,29)(H,24,25,27)/t17-/m1/s1. The molecule has 0 saturated carbocycles. The molecule has 2 N–H and O–H groups in total. The summed E-state index contributed by atoms with van der Waals surface area (Å²) < 4.78 is 0. The Kier molecular flexibility index (Phi) is 5.03. The summed E-state index contributed by atoms with van der Waals surface area (Å²) in [5, 5.41) is 17.0. The van der Waals surface area contributed by atoms with Crippen molar-refractivity contribution in [3.05, 3.63) is 61.1 Å². The fourth-order valence-electron chi connectivity index (χ4n) is 3.40. The van der Waals surface area contributed by atoms with Gasteiger partial charge in [-0.15, -0.1) is 0 Å². The van der Waals surface area contributed by atoms with Crippen molar-refractivity contribution >= 4 is 34.1 Å². The van der Waals surface area contributed by atoms with Crippen molar-refractivity contribution in [3.8, 4) is 6.07 Å². The van der Waals surface area contributed by atoms with Crippen LogP contribution < -0.4 is 15.5 Å². The van der Waals surface area contributed by atoms with Crippen LogP contribution in [0.2, 0.25) is 0 Å². The lowest BCUT2D eigenvalue weighted by atomic mass is 10.1. The van der Waals surface area contributed by atoms with Gasteiger partial charge in [-0.05, 0) is 42.1 Å². The average Bonchev–Trinajstić information content (AvgIpc) is 3.22. The van der Waals surface area contributed by atoms with Crippen molar-refractivity contribution in [1.82, 2.24) is 15.0 Å². The fourth-order valence-corrected chi connectivity index (χ4v) is 3.40. The second-order valence-corrected chi connectivity index (χ2v) is 6.75. The highest BCUT2D eigenvalue weighted by Crippen LogP contribution is 2.29. The van der Waals surface area contributed by atoms with Crippen LogP contribution in [-0.4, -0.2) is 40.0 Å². The number of pyridine rings is 1. The van der Waals surface area contributed by atoms with Crippen molar-refractivity contribution in [2.24, 2.45) is 0 Å². The second kappa shape index (κ2) is 7.94. The monoisotopic (exact) mass is 385 g/mol. The van der Waals surface area contributed by atoms with E-state index in [2.05, 4.69) is 37.1 Å². The van der Waals surface area contributed by atoms with Crippen molar-refractivity contribution in [2.75, 3.05) is 28.6 Å². The van der Waals surface area contributed by atoms with Crippen molar-refractivity contribution in [3.63, 3.8) is 0 Å². The summed E-state index contributed by atoms with van der Waals surface area (Å²) in [7, 11) is 0. The third-order valence-corrected chi connectivity index (χ3v) is 4.80. The smallest absolute Gasteiger partial charge is 0.247 e. The predicted octanol–water partition coefficient (Wildman–Crippen LogP) is 2.71. The van der Waals surface area contributed by atoms with Gasteiger partial charge in [0.05, 0.1) is 18.0 Å². The molecule has 144 valence electrons. The van der Waals surface area contributed by atoms with Crippen molar-refractivity contribution in [1.29, 1.82) is 5.26 Å². The quantitative estimate of drug-likeness (QED) is 0.650. The maximum absolute atomic E-state index is 11.5. The lowest BCUT2D eigenvalue weighted by Gasteiger charge is -2.20. The molecule has 1 fully saturated rings. The third kappa shape index (κ3) is 3.99. The summed E-state index contributed by atoms with van der Waals surface area (Å²) in [5.74, 6) is 1.19. The molecule has 0 unspecified atom stereocenters. The molecule has 0 aliphatic carbocycles. The van der Waals surface area contributed by atoms with Crippen molar-refractivity contribution < 1.29 is 4.79 Å². The Morgan fingerprint density at radius 2 is 2.10 bits per heavy atom. The predicted molar refractivity (Wildman–Crippen MR) is 112 cm³/mol. The van der Waals surface area contributed by atoms with E-state index in [0.717, 1.165) is 41.8 Å². The zero-order valence-corrected chi connectivity index (χ0v) is 15.7. The van der Waals surface area contributed by atoms with Gasteiger partial charge >= 0.3 is 0 Å². The number of nitrogens with one attached hydrogen (secondary N) is 2. The summed E-state index contributed by atoms with van der Waals surface area (Å²) in [6.07, 6.45) is 6.97. The zero-order valence-electron chi connectivity index (χ0n) is 15.7. The number of aromatic nitrogens is 3. The van der Waals surface area contributed by atoms with Gasteiger partial charge in [-0.2, -0.15) is 5.26 Å². The van der Waals surface area contributed by atoms with E-state index in [-0.39, 0.29) is 11.9 Å². The third-order valence-electron chi connectivity index (χ3n) is 4.80. The number of benzene rings is 1. The van der Waals surface area contributed by atoms with Gasteiger partial charge in [-0.3, -0.25) is 4.79 Å². The molecule has 1 saturated heterocycles. The minimum absolute atomic E-state index is 0.186. The van der Waals surface area contributed by atoms with Gasteiger partial charge in [0.25, 0.3) is 0 Å². The van der Waals surface area contributed by atoms with Gasteiger partial charge in [-0.1, -0.05) is 6.58 Å². The molecule has 8 nitrogen and oxygen atoms in total. The van der Waals surface area contributed by atoms with E-state index in [1.165, 1.54) is 18.5 Å². The summed E-state index contributed by atoms with van der Waals surface area (Å²) in [5.41, 5.74) is 1.16. The maximum atomic E-state index is 11.5. The Hall–Kier alpha value is -3.99. The van der Waals surface area contributed by atoms with Crippen LogP contribution in [0.5, 0.6) is 0 Å².